The van der Waals surface area contributed by atoms with E-state index in [2.05, 4.69) is 9.97 Å². The molecule has 0 saturated carbocycles. The van der Waals surface area contributed by atoms with Gasteiger partial charge in [0.05, 0.1) is 12.8 Å². The molecule has 6 nitrogen and oxygen atoms in total. The minimum atomic E-state index is -0.564. The maximum Gasteiger partial charge on any atom is 0.303 e. The lowest BCUT2D eigenvalue weighted by Gasteiger charge is -2.06. The van der Waals surface area contributed by atoms with E-state index in [9.17, 15) is 4.79 Å². The van der Waals surface area contributed by atoms with Crippen molar-refractivity contribution in [2.24, 2.45) is 5.84 Å². The summed E-state index contributed by atoms with van der Waals surface area (Å²) in [5, 5.41) is 0. The minimum Gasteiger partial charge on any atom is -0.481 e. The van der Waals surface area contributed by atoms with Crippen LogP contribution in [0.1, 0.15) is 10.6 Å². The smallest absolute Gasteiger partial charge is 0.303 e. The molecule has 0 unspecified atom stereocenters. The number of nitrogens with two attached hydrogens (primary N) is 1. The molecule has 0 aliphatic heterocycles. The van der Waals surface area contributed by atoms with Crippen LogP contribution in [0, 0.1) is 0 Å². The average molecular weight is 244 g/mol. The largest absolute Gasteiger partial charge is 0.481 e. The topological polar surface area (TPSA) is 90.1 Å². The van der Waals surface area contributed by atoms with E-state index in [0.29, 0.717) is 11.6 Å². The third kappa shape index (κ3) is 2.44. The summed E-state index contributed by atoms with van der Waals surface area (Å²) in [5.41, 5.74) is 3.46. The summed E-state index contributed by atoms with van der Waals surface area (Å²) in [4.78, 5) is 19.5. The average Bonchev–Trinajstić information content (AvgIpc) is 2.46. The lowest BCUT2D eigenvalue weighted by molar-refractivity contribution is 0.0942. The Labute approximate surface area is 104 Å². The van der Waals surface area contributed by atoms with Gasteiger partial charge in [0.1, 0.15) is 0 Å². The summed E-state index contributed by atoms with van der Waals surface area (Å²) in [7, 11) is 1.47. The van der Waals surface area contributed by atoms with Crippen molar-refractivity contribution < 1.29 is 9.53 Å². The molecule has 2 aromatic rings. The molecule has 92 valence electrons. The fourth-order valence-electron chi connectivity index (χ4n) is 1.45. The molecule has 1 aromatic heterocycles. The molecule has 2 rings (SSSR count). The van der Waals surface area contributed by atoms with E-state index in [4.69, 9.17) is 10.6 Å². The standard InChI is InChI=1S/C12H12N4O2/c1-18-10-7-9(8-5-3-2-4-6-8)14-11(15-10)12(17)16-13/h2-7H,13H2,1H3,(H,16,17). The Hall–Kier alpha value is -2.47. The number of methoxy groups -OCH3 is 1. The second kappa shape index (κ2) is 5.24. The van der Waals surface area contributed by atoms with Gasteiger partial charge in [0.15, 0.2) is 0 Å². The van der Waals surface area contributed by atoms with Crippen molar-refractivity contribution in [1.82, 2.24) is 15.4 Å². The minimum absolute atomic E-state index is 0.0318. The van der Waals surface area contributed by atoms with Gasteiger partial charge in [-0.2, -0.15) is 4.98 Å². The van der Waals surface area contributed by atoms with Gasteiger partial charge in [-0.1, -0.05) is 30.3 Å². The molecule has 1 aromatic carbocycles. The lowest BCUT2D eigenvalue weighted by atomic mass is 10.1. The molecule has 0 aliphatic rings. The highest BCUT2D eigenvalue weighted by atomic mass is 16.5. The van der Waals surface area contributed by atoms with Gasteiger partial charge >= 0.3 is 5.91 Å². The number of nitrogen functional groups attached to an aromatic ring is 1. The van der Waals surface area contributed by atoms with Crippen LogP contribution in [-0.2, 0) is 0 Å². The molecule has 1 heterocycles. The zero-order chi connectivity index (χ0) is 13.0. The number of aromatic nitrogens is 2. The Morgan fingerprint density at radius 2 is 2.00 bits per heavy atom. The molecular weight excluding hydrogens is 232 g/mol. The van der Waals surface area contributed by atoms with Crippen LogP contribution in [0.2, 0.25) is 0 Å². The van der Waals surface area contributed by atoms with Crippen molar-refractivity contribution in [2.75, 3.05) is 7.11 Å². The van der Waals surface area contributed by atoms with Gasteiger partial charge in [-0.05, 0) is 0 Å². The quantitative estimate of drug-likeness (QED) is 0.472. The molecule has 0 radical (unpaired) electrons. The van der Waals surface area contributed by atoms with Crippen molar-refractivity contribution in [2.45, 2.75) is 0 Å². The zero-order valence-corrected chi connectivity index (χ0v) is 9.75. The van der Waals surface area contributed by atoms with Gasteiger partial charge < -0.3 is 4.74 Å². The predicted octanol–water partition coefficient (Wildman–Crippen LogP) is 0.756. The first-order chi connectivity index (χ1) is 8.74. The highest BCUT2D eigenvalue weighted by Crippen LogP contribution is 2.20. The number of rotatable bonds is 3. The summed E-state index contributed by atoms with van der Waals surface area (Å²) < 4.78 is 5.04. The fraction of sp³-hybridized carbons (Fsp3) is 0.0833. The number of carbonyl (C=O) groups excluding carboxylic acids is 1. The van der Waals surface area contributed by atoms with Gasteiger partial charge in [-0.3, -0.25) is 10.2 Å². The van der Waals surface area contributed by atoms with E-state index >= 15 is 0 Å². The van der Waals surface area contributed by atoms with Gasteiger partial charge in [0, 0.05) is 11.6 Å². The Kier molecular flexibility index (Phi) is 3.49. The molecule has 0 spiro atoms. The highest BCUT2D eigenvalue weighted by Gasteiger charge is 2.12. The number of nitrogens with one attached hydrogen (secondary N) is 1. The van der Waals surface area contributed by atoms with Gasteiger partial charge in [0.25, 0.3) is 0 Å². The molecule has 1 amide bonds. The molecule has 0 fully saturated rings. The van der Waals surface area contributed by atoms with Gasteiger partial charge in [0.2, 0.25) is 11.7 Å². The maximum atomic E-state index is 11.4. The highest BCUT2D eigenvalue weighted by molar-refractivity contribution is 5.90. The molecule has 0 saturated heterocycles. The number of hydrazine groups is 1. The number of nitrogens with zero attached hydrogens (tertiary/aromatic N) is 2. The van der Waals surface area contributed by atoms with Crippen molar-refractivity contribution >= 4 is 5.91 Å². The molecule has 0 aliphatic carbocycles. The Bertz CT molecular complexity index is 557. The Balaban J connectivity index is 2.51. The monoisotopic (exact) mass is 244 g/mol. The third-order valence-corrected chi connectivity index (χ3v) is 2.32. The van der Waals surface area contributed by atoms with Crippen LogP contribution >= 0.6 is 0 Å². The van der Waals surface area contributed by atoms with Crippen LogP contribution in [-0.4, -0.2) is 23.0 Å². The van der Waals surface area contributed by atoms with Crippen molar-refractivity contribution in [1.29, 1.82) is 0 Å². The number of hydrogen-bond donors (Lipinski definition) is 2. The van der Waals surface area contributed by atoms with Crippen LogP contribution in [0.5, 0.6) is 5.88 Å². The predicted molar refractivity (Wildman–Crippen MR) is 65.7 cm³/mol. The van der Waals surface area contributed by atoms with Crippen LogP contribution in [0.4, 0.5) is 0 Å². The third-order valence-electron chi connectivity index (χ3n) is 2.32. The first-order valence-electron chi connectivity index (χ1n) is 5.24. The number of carbonyl (C=O) groups is 1. The molecule has 0 atom stereocenters. The van der Waals surface area contributed by atoms with E-state index in [1.54, 1.807) is 6.07 Å². The van der Waals surface area contributed by atoms with Crippen molar-refractivity contribution in [3.63, 3.8) is 0 Å². The Morgan fingerprint density at radius 3 is 2.61 bits per heavy atom. The van der Waals surface area contributed by atoms with Crippen molar-refractivity contribution in [3.8, 4) is 17.1 Å². The molecular formula is C12H12N4O2. The number of hydrogen-bond acceptors (Lipinski definition) is 5. The summed E-state index contributed by atoms with van der Waals surface area (Å²) >= 11 is 0. The van der Waals surface area contributed by atoms with E-state index in [1.807, 2.05) is 35.8 Å². The second-order valence-electron chi connectivity index (χ2n) is 3.46. The normalized spacial score (nSPS) is 9.89. The van der Waals surface area contributed by atoms with Crippen LogP contribution < -0.4 is 16.0 Å². The van der Waals surface area contributed by atoms with Crippen molar-refractivity contribution in [3.05, 3.63) is 42.2 Å². The SMILES string of the molecule is COc1cc(-c2ccccc2)nc(C(=O)NN)n1. The molecule has 0 bridgehead atoms. The van der Waals surface area contributed by atoms with Gasteiger partial charge in [-0.15, -0.1) is 0 Å². The van der Waals surface area contributed by atoms with Crippen LogP contribution in [0.3, 0.4) is 0 Å². The number of amides is 1. The van der Waals surface area contributed by atoms with Gasteiger partial charge in [-0.25, -0.2) is 10.8 Å². The van der Waals surface area contributed by atoms with E-state index in [-0.39, 0.29) is 5.82 Å². The van der Waals surface area contributed by atoms with E-state index in [1.165, 1.54) is 7.11 Å². The van der Waals surface area contributed by atoms with Crippen LogP contribution in [0.25, 0.3) is 11.3 Å². The summed E-state index contributed by atoms with van der Waals surface area (Å²) in [5.74, 6) is 4.78. The van der Waals surface area contributed by atoms with Crippen LogP contribution in [0.15, 0.2) is 36.4 Å². The Morgan fingerprint density at radius 1 is 1.28 bits per heavy atom. The number of ether oxygens (including phenoxy) is 1. The zero-order valence-electron chi connectivity index (χ0n) is 9.75. The summed E-state index contributed by atoms with van der Waals surface area (Å²) in [6.07, 6.45) is 0. The molecule has 6 heteroatoms. The second-order valence-corrected chi connectivity index (χ2v) is 3.46. The summed E-state index contributed by atoms with van der Waals surface area (Å²) in [6, 6.07) is 11.1. The molecule has 3 N–H and O–H groups in total. The fourth-order valence-corrected chi connectivity index (χ4v) is 1.45. The number of benzene rings is 1. The molecule has 18 heavy (non-hydrogen) atoms. The van der Waals surface area contributed by atoms with E-state index in [0.717, 1.165) is 5.56 Å². The first-order valence-corrected chi connectivity index (χ1v) is 5.24. The summed E-state index contributed by atoms with van der Waals surface area (Å²) in [6.45, 7) is 0. The van der Waals surface area contributed by atoms with E-state index < -0.39 is 5.91 Å². The lowest BCUT2D eigenvalue weighted by Crippen LogP contribution is -2.31. The maximum absolute atomic E-state index is 11.4. The first kappa shape index (κ1) is 12.0.